The van der Waals surface area contributed by atoms with E-state index in [1.807, 2.05) is 0 Å². The number of hydrogen-bond donors (Lipinski definition) is 2. The monoisotopic (exact) mass is 371 g/mol. The summed E-state index contributed by atoms with van der Waals surface area (Å²) in [5.41, 5.74) is 5.89. The van der Waals surface area contributed by atoms with Crippen molar-refractivity contribution in [2.24, 2.45) is 0 Å². The molecule has 0 atom stereocenters. The van der Waals surface area contributed by atoms with E-state index < -0.39 is 11.3 Å². The molecule has 0 aliphatic rings. The summed E-state index contributed by atoms with van der Waals surface area (Å²) in [6.45, 7) is 0. The fraction of sp³-hybridized carbons (Fsp3) is 0. The molecule has 124 valence electrons. The molecule has 0 aliphatic heterocycles. The van der Waals surface area contributed by atoms with Crippen LogP contribution in [0.5, 0.6) is 0 Å². The molecule has 0 aliphatic carbocycles. The van der Waals surface area contributed by atoms with Crippen molar-refractivity contribution in [1.29, 1.82) is 0 Å². The van der Waals surface area contributed by atoms with Crippen molar-refractivity contribution in [2.45, 2.75) is 0 Å². The number of amides is 1. The van der Waals surface area contributed by atoms with Gasteiger partial charge in [0.05, 0.1) is 15.6 Å². The van der Waals surface area contributed by atoms with Gasteiger partial charge in [-0.05, 0) is 30.3 Å². The Bertz CT molecular complexity index is 1170. The van der Waals surface area contributed by atoms with Crippen LogP contribution in [0.4, 0.5) is 5.13 Å². The molecule has 8 heteroatoms. The number of rotatable bonds is 3. The van der Waals surface area contributed by atoms with E-state index in [4.69, 9.17) is 16.0 Å². The minimum Gasteiger partial charge on any atom is -0.463 e. The minimum absolute atomic E-state index is 0.0876. The molecule has 2 N–H and O–H groups in total. The van der Waals surface area contributed by atoms with Crippen LogP contribution in [0, 0.1) is 0 Å². The maximum atomic E-state index is 12.4. The highest BCUT2D eigenvalue weighted by molar-refractivity contribution is 7.22. The van der Waals surface area contributed by atoms with Gasteiger partial charge in [0.25, 0.3) is 5.91 Å². The van der Waals surface area contributed by atoms with Crippen LogP contribution in [-0.4, -0.2) is 10.9 Å². The van der Waals surface area contributed by atoms with Crippen LogP contribution in [0.1, 0.15) is 10.4 Å². The summed E-state index contributed by atoms with van der Waals surface area (Å²) in [6, 6.07) is 12.1. The zero-order valence-corrected chi connectivity index (χ0v) is 14.1. The molecule has 25 heavy (non-hydrogen) atoms. The van der Waals surface area contributed by atoms with Crippen molar-refractivity contribution in [3.05, 3.63) is 69.5 Å². The van der Waals surface area contributed by atoms with Gasteiger partial charge < -0.3 is 4.42 Å². The summed E-state index contributed by atoms with van der Waals surface area (Å²) in [5.74, 6) is -0.600. The predicted molar refractivity (Wildman–Crippen MR) is 98.2 cm³/mol. The van der Waals surface area contributed by atoms with E-state index in [0.29, 0.717) is 21.1 Å². The minimum atomic E-state index is -0.600. The number of para-hydroxylation sites is 1. The fourth-order valence-corrected chi connectivity index (χ4v) is 3.46. The third-order valence-corrected chi connectivity index (χ3v) is 4.73. The second-order valence-corrected chi connectivity index (χ2v) is 6.65. The average molecular weight is 372 g/mol. The summed E-state index contributed by atoms with van der Waals surface area (Å²) < 4.78 is 6.23. The largest absolute Gasteiger partial charge is 0.463 e. The van der Waals surface area contributed by atoms with E-state index in [1.165, 1.54) is 11.3 Å². The Morgan fingerprint density at radius 1 is 1.20 bits per heavy atom. The van der Waals surface area contributed by atoms with Crippen LogP contribution in [-0.2, 0) is 0 Å². The number of thiazole rings is 1. The van der Waals surface area contributed by atoms with Crippen LogP contribution in [0.3, 0.4) is 0 Å². The average Bonchev–Trinajstić information content (AvgIpc) is 3.02. The molecule has 2 aromatic carbocycles. The van der Waals surface area contributed by atoms with Crippen molar-refractivity contribution in [3.63, 3.8) is 0 Å². The Balaban J connectivity index is 1.57. The summed E-state index contributed by atoms with van der Waals surface area (Å²) in [5, 5.41) is 1.45. The lowest BCUT2D eigenvalue weighted by Gasteiger charge is -2.05. The second-order valence-electron chi connectivity index (χ2n) is 5.18. The molecule has 0 fully saturated rings. The quantitative estimate of drug-likeness (QED) is 0.535. The molecule has 0 saturated carbocycles. The van der Waals surface area contributed by atoms with E-state index in [1.54, 1.807) is 42.5 Å². The van der Waals surface area contributed by atoms with Gasteiger partial charge in [0.2, 0.25) is 10.6 Å². The number of carbonyl (C=O) groups is 1. The maximum absolute atomic E-state index is 12.4. The van der Waals surface area contributed by atoms with Gasteiger partial charge in [-0.25, -0.2) is 4.98 Å². The standard InChI is InChI=1S/C17H10ClN3O3S/c18-9-5-6-12-14(7-9)25-17(19-12)21-20-16(23)11-8-24-13-4-2-1-3-10(13)15(11)22/h1-8H,(H,19,21)(H,20,23). The molecule has 0 radical (unpaired) electrons. The van der Waals surface area contributed by atoms with Crippen molar-refractivity contribution in [3.8, 4) is 0 Å². The molecule has 1 amide bonds. The Morgan fingerprint density at radius 2 is 2.04 bits per heavy atom. The zero-order chi connectivity index (χ0) is 17.4. The Hall–Kier alpha value is -2.90. The summed E-state index contributed by atoms with van der Waals surface area (Å²) in [4.78, 5) is 29.0. The molecule has 0 spiro atoms. The molecular weight excluding hydrogens is 362 g/mol. The zero-order valence-electron chi connectivity index (χ0n) is 12.6. The number of benzene rings is 2. The topological polar surface area (TPSA) is 84.2 Å². The van der Waals surface area contributed by atoms with Gasteiger partial charge in [-0.1, -0.05) is 35.1 Å². The number of anilines is 1. The van der Waals surface area contributed by atoms with Crippen LogP contribution < -0.4 is 16.3 Å². The summed E-state index contributed by atoms with van der Waals surface area (Å²) in [7, 11) is 0. The van der Waals surface area contributed by atoms with E-state index in [-0.39, 0.29) is 5.56 Å². The molecular formula is C17H10ClN3O3S. The smallest absolute Gasteiger partial charge is 0.276 e. The third-order valence-electron chi connectivity index (χ3n) is 3.56. The first kappa shape index (κ1) is 15.6. The number of halogens is 1. The Morgan fingerprint density at radius 3 is 2.92 bits per heavy atom. The van der Waals surface area contributed by atoms with E-state index >= 15 is 0 Å². The predicted octanol–water partition coefficient (Wildman–Crippen LogP) is 3.81. The number of hydrogen-bond acceptors (Lipinski definition) is 6. The van der Waals surface area contributed by atoms with E-state index in [2.05, 4.69) is 15.8 Å². The normalized spacial score (nSPS) is 10.9. The van der Waals surface area contributed by atoms with Gasteiger partial charge in [-0.15, -0.1) is 0 Å². The number of fused-ring (bicyclic) bond motifs is 2. The Labute approximate surface area is 150 Å². The third kappa shape index (κ3) is 2.95. The first-order valence-electron chi connectivity index (χ1n) is 7.25. The van der Waals surface area contributed by atoms with Gasteiger partial charge in [-0.2, -0.15) is 0 Å². The van der Waals surface area contributed by atoms with E-state index in [9.17, 15) is 9.59 Å². The Kier molecular flexibility index (Phi) is 3.87. The highest BCUT2D eigenvalue weighted by atomic mass is 35.5. The van der Waals surface area contributed by atoms with Crippen LogP contribution >= 0.6 is 22.9 Å². The molecule has 4 aromatic rings. The summed E-state index contributed by atoms with van der Waals surface area (Å²) in [6.07, 6.45) is 1.15. The lowest BCUT2D eigenvalue weighted by Crippen LogP contribution is -2.32. The molecule has 0 bridgehead atoms. The molecule has 2 aromatic heterocycles. The van der Waals surface area contributed by atoms with Crippen LogP contribution in [0.15, 0.2) is 57.9 Å². The van der Waals surface area contributed by atoms with Gasteiger partial charge in [0, 0.05) is 5.02 Å². The lowest BCUT2D eigenvalue weighted by atomic mass is 10.2. The SMILES string of the molecule is O=C(NNc1nc2ccc(Cl)cc2s1)c1coc2ccccc2c1=O. The first-order chi connectivity index (χ1) is 12.1. The van der Waals surface area contributed by atoms with Gasteiger partial charge in [0.15, 0.2) is 0 Å². The van der Waals surface area contributed by atoms with Crippen LogP contribution in [0.2, 0.25) is 5.02 Å². The van der Waals surface area contributed by atoms with Gasteiger partial charge in [-0.3, -0.25) is 20.4 Å². The van der Waals surface area contributed by atoms with Gasteiger partial charge >= 0.3 is 0 Å². The molecule has 0 unspecified atom stereocenters. The fourth-order valence-electron chi connectivity index (χ4n) is 2.36. The van der Waals surface area contributed by atoms with Crippen molar-refractivity contribution in [2.75, 3.05) is 5.43 Å². The maximum Gasteiger partial charge on any atom is 0.276 e. The number of nitrogens with zero attached hydrogens (tertiary/aromatic N) is 1. The van der Waals surface area contributed by atoms with Crippen molar-refractivity contribution in [1.82, 2.24) is 10.4 Å². The number of nitrogens with one attached hydrogen (secondary N) is 2. The molecule has 0 saturated heterocycles. The highest BCUT2D eigenvalue weighted by Crippen LogP contribution is 2.27. The van der Waals surface area contributed by atoms with Crippen molar-refractivity contribution < 1.29 is 9.21 Å². The highest BCUT2D eigenvalue weighted by Gasteiger charge is 2.14. The van der Waals surface area contributed by atoms with Crippen molar-refractivity contribution >= 4 is 55.2 Å². The number of hydrazine groups is 1. The van der Waals surface area contributed by atoms with Gasteiger partial charge in [0.1, 0.15) is 17.4 Å². The molecule has 4 rings (SSSR count). The molecule has 6 nitrogen and oxygen atoms in total. The first-order valence-corrected chi connectivity index (χ1v) is 8.44. The summed E-state index contributed by atoms with van der Waals surface area (Å²) >= 11 is 7.28. The number of aromatic nitrogens is 1. The van der Waals surface area contributed by atoms with E-state index in [0.717, 1.165) is 16.5 Å². The number of carbonyl (C=O) groups excluding carboxylic acids is 1. The van der Waals surface area contributed by atoms with Crippen LogP contribution in [0.25, 0.3) is 21.2 Å². The molecule has 2 heterocycles. The second kappa shape index (κ2) is 6.19. The lowest BCUT2D eigenvalue weighted by molar-refractivity contribution is 0.0960.